The molecule has 2 unspecified atom stereocenters. The molecular weight excluding hydrogens is 274 g/mol. The minimum Gasteiger partial charge on any atom is -0.506 e. The Labute approximate surface area is 114 Å². The molecule has 0 saturated heterocycles. The Kier molecular flexibility index (Phi) is 5.14. The zero-order chi connectivity index (χ0) is 14.6. The Balaban J connectivity index is 2.88. The van der Waals surface area contributed by atoms with Gasteiger partial charge in [-0.15, -0.1) is 0 Å². The number of aliphatic hydroxyl groups excluding tert-OH is 1. The van der Waals surface area contributed by atoms with Crippen LogP contribution in [-0.2, 0) is 4.79 Å². The molecular formula is C12H14ClNO5. The van der Waals surface area contributed by atoms with Gasteiger partial charge in [0.25, 0.3) is 5.91 Å². The number of carboxylic acids is 1. The van der Waals surface area contributed by atoms with Gasteiger partial charge in [0.1, 0.15) is 11.8 Å². The molecule has 6 nitrogen and oxygen atoms in total. The number of halogens is 1. The van der Waals surface area contributed by atoms with Gasteiger partial charge in [-0.1, -0.05) is 17.7 Å². The summed E-state index contributed by atoms with van der Waals surface area (Å²) in [7, 11) is 0. The third kappa shape index (κ3) is 4.11. The Morgan fingerprint density at radius 1 is 1.42 bits per heavy atom. The van der Waals surface area contributed by atoms with Crippen LogP contribution in [0.4, 0.5) is 0 Å². The van der Waals surface area contributed by atoms with Gasteiger partial charge in [0, 0.05) is 6.42 Å². The van der Waals surface area contributed by atoms with Gasteiger partial charge < -0.3 is 20.6 Å². The van der Waals surface area contributed by atoms with Crippen LogP contribution >= 0.6 is 11.6 Å². The standard InChI is InChI=1S/C12H14ClNO5/c1-6(15)5-8(12(18)19)14-11(17)7-3-2-4-9(16)10(7)13/h2-4,6,8,15-16H,5H2,1H3,(H,14,17)(H,18,19). The molecule has 19 heavy (non-hydrogen) atoms. The Morgan fingerprint density at radius 2 is 2.05 bits per heavy atom. The maximum absolute atomic E-state index is 11.9. The molecule has 0 aliphatic rings. The zero-order valence-electron chi connectivity index (χ0n) is 10.1. The van der Waals surface area contributed by atoms with E-state index in [0.717, 1.165) is 0 Å². The van der Waals surface area contributed by atoms with Crippen molar-refractivity contribution in [2.45, 2.75) is 25.5 Å². The molecule has 0 heterocycles. The summed E-state index contributed by atoms with van der Waals surface area (Å²) in [6, 6.07) is 2.86. The Hall–Kier alpha value is -1.79. The van der Waals surface area contributed by atoms with Gasteiger partial charge in [-0.3, -0.25) is 4.79 Å². The highest BCUT2D eigenvalue weighted by atomic mass is 35.5. The van der Waals surface area contributed by atoms with E-state index in [1.54, 1.807) is 0 Å². The van der Waals surface area contributed by atoms with Gasteiger partial charge in [-0.25, -0.2) is 4.79 Å². The first-order valence-corrected chi connectivity index (χ1v) is 5.90. The SMILES string of the molecule is CC(O)CC(NC(=O)c1cccc(O)c1Cl)C(=O)O. The van der Waals surface area contributed by atoms with Crippen LogP contribution < -0.4 is 5.32 Å². The van der Waals surface area contributed by atoms with Crippen molar-refractivity contribution in [2.24, 2.45) is 0 Å². The van der Waals surface area contributed by atoms with E-state index in [1.807, 2.05) is 0 Å². The largest absolute Gasteiger partial charge is 0.506 e. The molecule has 7 heteroatoms. The van der Waals surface area contributed by atoms with Gasteiger partial charge in [-0.05, 0) is 19.1 Å². The van der Waals surface area contributed by atoms with Crippen molar-refractivity contribution in [1.82, 2.24) is 5.32 Å². The van der Waals surface area contributed by atoms with Crippen LogP contribution in [0.15, 0.2) is 18.2 Å². The molecule has 1 amide bonds. The summed E-state index contributed by atoms with van der Waals surface area (Å²) >= 11 is 5.75. The molecule has 1 rings (SSSR count). The topological polar surface area (TPSA) is 107 Å². The highest BCUT2D eigenvalue weighted by molar-refractivity contribution is 6.35. The van der Waals surface area contributed by atoms with Crippen LogP contribution in [0.2, 0.25) is 5.02 Å². The van der Waals surface area contributed by atoms with Crippen LogP contribution in [0.1, 0.15) is 23.7 Å². The van der Waals surface area contributed by atoms with E-state index in [1.165, 1.54) is 25.1 Å². The number of rotatable bonds is 5. The van der Waals surface area contributed by atoms with Crippen molar-refractivity contribution >= 4 is 23.5 Å². The first kappa shape index (κ1) is 15.3. The fourth-order valence-corrected chi connectivity index (χ4v) is 1.71. The highest BCUT2D eigenvalue weighted by Crippen LogP contribution is 2.26. The van der Waals surface area contributed by atoms with Crippen LogP contribution in [0.3, 0.4) is 0 Å². The lowest BCUT2D eigenvalue weighted by Gasteiger charge is -2.16. The molecule has 1 aromatic rings. The number of aromatic hydroxyl groups is 1. The molecule has 1 aromatic carbocycles. The number of carbonyl (C=O) groups is 2. The van der Waals surface area contributed by atoms with E-state index in [9.17, 15) is 19.8 Å². The number of phenolic OH excluding ortho intramolecular Hbond substituents is 1. The van der Waals surface area contributed by atoms with Crippen LogP contribution in [-0.4, -0.2) is 39.3 Å². The lowest BCUT2D eigenvalue weighted by atomic mass is 10.1. The number of benzene rings is 1. The monoisotopic (exact) mass is 287 g/mol. The molecule has 0 aliphatic carbocycles. The van der Waals surface area contributed by atoms with Gasteiger partial charge in [0.15, 0.2) is 0 Å². The predicted molar refractivity (Wildman–Crippen MR) is 68.3 cm³/mol. The Bertz CT molecular complexity index is 489. The van der Waals surface area contributed by atoms with E-state index in [-0.39, 0.29) is 22.8 Å². The van der Waals surface area contributed by atoms with Crippen LogP contribution in [0.25, 0.3) is 0 Å². The molecule has 4 N–H and O–H groups in total. The number of aliphatic hydroxyl groups is 1. The van der Waals surface area contributed by atoms with Crippen molar-refractivity contribution in [3.05, 3.63) is 28.8 Å². The van der Waals surface area contributed by atoms with Crippen molar-refractivity contribution in [3.8, 4) is 5.75 Å². The molecule has 0 saturated carbocycles. The number of amides is 1. The molecule has 0 aliphatic heterocycles. The van der Waals surface area contributed by atoms with E-state index >= 15 is 0 Å². The Morgan fingerprint density at radius 3 is 2.58 bits per heavy atom. The highest BCUT2D eigenvalue weighted by Gasteiger charge is 2.23. The summed E-state index contributed by atoms with van der Waals surface area (Å²) < 4.78 is 0. The minimum absolute atomic E-state index is 0.0292. The summed E-state index contributed by atoms with van der Waals surface area (Å²) in [5, 5.41) is 29.6. The summed E-state index contributed by atoms with van der Waals surface area (Å²) in [6.07, 6.45) is -1.00. The first-order valence-electron chi connectivity index (χ1n) is 5.52. The summed E-state index contributed by atoms with van der Waals surface area (Å²) in [6.45, 7) is 1.42. The third-order valence-corrected chi connectivity index (χ3v) is 2.80. The van der Waals surface area contributed by atoms with Crippen LogP contribution in [0.5, 0.6) is 5.75 Å². The average Bonchev–Trinajstić information content (AvgIpc) is 2.31. The smallest absolute Gasteiger partial charge is 0.326 e. The normalized spacial score (nSPS) is 13.6. The molecule has 0 bridgehead atoms. The van der Waals surface area contributed by atoms with Gasteiger partial charge in [0.2, 0.25) is 0 Å². The van der Waals surface area contributed by atoms with Gasteiger partial charge in [0.05, 0.1) is 16.7 Å². The van der Waals surface area contributed by atoms with Crippen molar-refractivity contribution < 1.29 is 24.9 Å². The summed E-state index contributed by atoms with van der Waals surface area (Å²) in [4.78, 5) is 22.8. The van der Waals surface area contributed by atoms with E-state index in [4.69, 9.17) is 16.7 Å². The van der Waals surface area contributed by atoms with Gasteiger partial charge in [-0.2, -0.15) is 0 Å². The van der Waals surface area contributed by atoms with E-state index in [2.05, 4.69) is 5.32 Å². The molecule has 104 valence electrons. The average molecular weight is 288 g/mol. The molecule has 2 atom stereocenters. The lowest BCUT2D eigenvalue weighted by Crippen LogP contribution is -2.42. The quantitative estimate of drug-likeness (QED) is 0.646. The fraction of sp³-hybridized carbons (Fsp3) is 0.333. The maximum Gasteiger partial charge on any atom is 0.326 e. The number of nitrogens with one attached hydrogen (secondary N) is 1. The minimum atomic E-state index is -1.26. The molecule has 0 spiro atoms. The maximum atomic E-state index is 11.9. The van der Waals surface area contributed by atoms with Crippen molar-refractivity contribution in [1.29, 1.82) is 0 Å². The number of hydrogen-bond acceptors (Lipinski definition) is 4. The third-order valence-electron chi connectivity index (χ3n) is 2.40. The molecule has 0 radical (unpaired) electrons. The lowest BCUT2D eigenvalue weighted by molar-refractivity contribution is -0.140. The zero-order valence-corrected chi connectivity index (χ0v) is 10.9. The van der Waals surface area contributed by atoms with Crippen molar-refractivity contribution in [2.75, 3.05) is 0 Å². The number of phenols is 1. The molecule has 0 aromatic heterocycles. The number of hydrogen-bond donors (Lipinski definition) is 4. The fourth-order valence-electron chi connectivity index (χ4n) is 1.49. The van der Waals surface area contributed by atoms with E-state index in [0.29, 0.717) is 0 Å². The second-order valence-electron chi connectivity index (χ2n) is 4.09. The first-order chi connectivity index (χ1) is 8.82. The number of carboxylic acid groups (broad SMARTS) is 1. The summed E-state index contributed by atoms with van der Waals surface area (Å²) in [5.41, 5.74) is -0.0292. The predicted octanol–water partition coefficient (Wildman–Crippen LogP) is 0.999. The number of aliphatic carboxylic acids is 1. The second kappa shape index (κ2) is 6.40. The second-order valence-corrected chi connectivity index (χ2v) is 4.47. The van der Waals surface area contributed by atoms with Crippen LogP contribution in [0, 0.1) is 0 Å². The van der Waals surface area contributed by atoms with E-state index < -0.39 is 24.0 Å². The number of carbonyl (C=O) groups excluding carboxylic acids is 1. The molecule has 0 fully saturated rings. The van der Waals surface area contributed by atoms with Crippen molar-refractivity contribution in [3.63, 3.8) is 0 Å². The summed E-state index contributed by atoms with van der Waals surface area (Å²) in [5.74, 6) is -2.25. The van der Waals surface area contributed by atoms with Gasteiger partial charge >= 0.3 is 5.97 Å².